The zero-order valence-corrected chi connectivity index (χ0v) is 11.4. The van der Waals surface area contributed by atoms with Crippen LogP contribution in [-0.4, -0.2) is 17.3 Å². The molecule has 0 bridgehead atoms. The second-order valence-corrected chi connectivity index (χ2v) is 6.12. The summed E-state index contributed by atoms with van der Waals surface area (Å²) in [5.41, 5.74) is 5.41. The summed E-state index contributed by atoms with van der Waals surface area (Å²) in [6.07, 6.45) is 5.50. The van der Waals surface area contributed by atoms with Crippen molar-refractivity contribution in [2.45, 2.75) is 65.4 Å². The molecule has 0 radical (unpaired) electrons. The molecule has 3 N–H and O–H groups in total. The Morgan fingerprint density at radius 3 is 2.50 bits per heavy atom. The van der Waals surface area contributed by atoms with Gasteiger partial charge in [0.1, 0.15) is 0 Å². The van der Waals surface area contributed by atoms with Crippen molar-refractivity contribution in [3.63, 3.8) is 0 Å². The zero-order chi connectivity index (χ0) is 12.4. The van der Waals surface area contributed by atoms with E-state index in [0.717, 1.165) is 19.3 Å². The molecule has 0 aromatic rings. The summed E-state index contributed by atoms with van der Waals surface area (Å²) in [5, 5.41) is 11.0. The Morgan fingerprint density at radius 1 is 1.50 bits per heavy atom. The van der Waals surface area contributed by atoms with Crippen LogP contribution < -0.4 is 5.73 Å². The van der Waals surface area contributed by atoms with E-state index in [2.05, 4.69) is 27.7 Å². The molecular formula is C14H29NO. The summed E-state index contributed by atoms with van der Waals surface area (Å²) in [4.78, 5) is 0. The van der Waals surface area contributed by atoms with Gasteiger partial charge in [0.05, 0.1) is 5.60 Å². The quantitative estimate of drug-likeness (QED) is 0.775. The molecule has 0 amide bonds. The monoisotopic (exact) mass is 227 g/mol. The van der Waals surface area contributed by atoms with Gasteiger partial charge < -0.3 is 10.8 Å². The summed E-state index contributed by atoms with van der Waals surface area (Å²) in [6.45, 7) is 9.26. The van der Waals surface area contributed by atoms with Crippen LogP contribution in [0.2, 0.25) is 0 Å². The van der Waals surface area contributed by atoms with Gasteiger partial charge in [0.15, 0.2) is 0 Å². The van der Waals surface area contributed by atoms with E-state index in [-0.39, 0.29) is 11.3 Å². The first-order valence-electron chi connectivity index (χ1n) is 6.84. The summed E-state index contributed by atoms with van der Waals surface area (Å²) < 4.78 is 0. The minimum absolute atomic E-state index is 0.0480. The van der Waals surface area contributed by atoms with E-state index in [1.54, 1.807) is 0 Å². The van der Waals surface area contributed by atoms with Gasteiger partial charge >= 0.3 is 0 Å². The molecule has 0 saturated heterocycles. The highest BCUT2D eigenvalue weighted by Gasteiger charge is 2.51. The molecule has 16 heavy (non-hydrogen) atoms. The van der Waals surface area contributed by atoms with E-state index >= 15 is 0 Å². The first kappa shape index (κ1) is 14.0. The SMILES string of the molecule is CCC(O)(C(C)C)C1(CN)CCCC(C)C1. The molecule has 2 nitrogen and oxygen atoms in total. The molecule has 1 saturated carbocycles. The minimum Gasteiger partial charge on any atom is -0.389 e. The molecule has 1 aliphatic carbocycles. The van der Waals surface area contributed by atoms with Crippen molar-refractivity contribution in [2.75, 3.05) is 6.54 Å². The Balaban J connectivity index is 3.01. The fraction of sp³-hybridized carbons (Fsp3) is 1.00. The van der Waals surface area contributed by atoms with Crippen molar-refractivity contribution in [1.82, 2.24) is 0 Å². The second-order valence-electron chi connectivity index (χ2n) is 6.12. The molecular weight excluding hydrogens is 198 g/mol. The van der Waals surface area contributed by atoms with Gasteiger partial charge in [0.25, 0.3) is 0 Å². The highest BCUT2D eigenvalue weighted by Crippen LogP contribution is 2.50. The number of hydrogen-bond acceptors (Lipinski definition) is 2. The maximum atomic E-state index is 11.0. The van der Waals surface area contributed by atoms with Gasteiger partial charge in [0.2, 0.25) is 0 Å². The van der Waals surface area contributed by atoms with Gasteiger partial charge in [-0.25, -0.2) is 0 Å². The van der Waals surface area contributed by atoms with Crippen LogP contribution in [0.5, 0.6) is 0 Å². The van der Waals surface area contributed by atoms with E-state index < -0.39 is 5.60 Å². The molecule has 0 spiro atoms. The van der Waals surface area contributed by atoms with Gasteiger partial charge in [0, 0.05) is 12.0 Å². The maximum Gasteiger partial charge on any atom is 0.0735 e. The van der Waals surface area contributed by atoms with Crippen LogP contribution in [-0.2, 0) is 0 Å². The average Bonchev–Trinajstić information content (AvgIpc) is 2.27. The molecule has 0 aromatic carbocycles. The van der Waals surface area contributed by atoms with Crippen LogP contribution >= 0.6 is 0 Å². The summed E-state index contributed by atoms with van der Waals surface area (Å²) in [7, 11) is 0. The predicted octanol–water partition coefficient (Wildman–Crippen LogP) is 2.94. The van der Waals surface area contributed by atoms with E-state index in [4.69, 9.17) is 5.73 Å². The van der Waals surface area contributed by atoms with Gasteiger partial charge in [-0.1, -0.05) is 40.5 Å². The third-order valence-corrected chi connectivity index (χ3v) is 4.89. The third-order valence-electron chi connectivity index (χ3n) is 4.89. The summed E-state index contributed by atoms with van der Waals surface area (Å²) in [5.74, 6) is 0.987. The molecule has 2 heteroatoms. The molecule has 1 rings (SSSR count). The van der Waals surface area contributed by atoms with E-state index in [0.29, 0.717) is 12.5 Å². The highest BCUT2D eigenvalue weighted by atomic mass is 16.3. The topological polar surface area (TPSA) is 46.2 Å². The molecule has 96 valence electrons. The Bertz CT molecular complexity index is 229. The number of rotatable bonds is 4. The van der Waals surface area contributed by atoms with Crippen molar-refractivity contribution in [3.05, 3.63) is 0 Å². The van der Waals surface area contributed by atoms with Crippen molar-refractivity contribution in [2.24, 2.45) is 23.0 Å². The van der Waals surface area contributed by atoms with Crippen LogP contribution in [0, 0.1) is 17.3 Å². The summed E-state index contributed by atoms with van der Waals surface area (Å²) in [6, 6.07) is 0. The zero-order valence-electron chi connectivity index (χ0n) is 11.4. The maximum absolute atomic E-state index is 11.0. The molecule has 0 aromatic heterocycles. The second kappa shape index (κ2) is 5.05. The van der Waals surface area contributed by atoms with Crippen molar-refractivity contribution in [1.29, 1.82) is 0 Å². The third kappa shape index (κ3) is 2.14. The van der Waals surface area contributed by atoms with Gasteiger partial charge in [-0.3, -0.25) is 0 Å². The first-order valence-corrected chi connectivity index (χ1v) is 6.84. The van der Waals surface area contributed by atoms with Crippen molar-refractivity contribution in [3.8, 4) is 0 Å². The predicted molar refractivity (Wildman–Crippen MR) is 69.2 cm³/mol. The van der Waals surface area contributed by atoms with Gasteiger partial charge in [-0.2, -0.15) is 0 Å². The standard InChI is InChI=1S/C14H29NO/c1-5-14(16,11(2)3)13(10-15)8-6-7-12(4)9-13/h11-12,16H,5-10,15H2,1-4H3. The number of hydrogen-bond donors (Lipinski definition) is 2. The minimum atomic E-state index is -0.587. The van der Waals surface area contributed by atoms with E-state index in [9.17, 15) is 5.11 Å². The Kier molecular flexibility index (Phi) is 4.42. The molecule has 0 aliphatic heterocycles. The first-order chi connectivity index (χ1) is 7.42. The van der Waals surface area contributed by atoms with E-state index in [1.807, 2.05) is 0 Å². The normalized spacial score (nSPS) is 35.1. The van der Waals surface area contributed by atoms with Crippen LogP contribution in [0.3, 0.4) is 0 Å². The molecule has 3 atom stereocenters. The Morgan fingerprint density at radius 2 is 2.12 bits per heavy atom. The largest absolute Gasteiger partial charge is 0.389 e. The lowest BCUT2D eigenvalue weighted by atomic mass is 9.57. The van der Waals surface area contributed by atoms with Crippen LogP contribution in [0.1, 0.15) is 59.8 Å². The lowest BCUT2D eigenvalue weighted by Gasteiger charge is -2.52. The average molecular weight is 227 g/mol. The lowest BCUT2D eigenvalue weighted by molar-refractivity contribution is -0.139. The lowest BCUT2D eigenvalue weighted by Crippen LogP contribution is -2.57. The Labute approximate surface area is 101 Å². The number of nitrogens with two attached hydrogens (primary N) is 1. The van der Waals surface area contributed by atoms with Crippen LogP contribution in [0.25, 0.3) is 0 Å². The van der Waals surface area contributed by atoms with Crippen LogP contribution in [0.4, 0.5) is 0 Å². The molecule has 3 unspecified atom stereocenters. The number of aliphatic hydroxyl groups is 1. The van der Waals surface area contributed by atoms with Crippen molar-refractivity contribution >= 4 is 0 Å². The van der Waals surface area contributed by atoms with Crippen molar-refractivity contribution < 1.29 is 5.11 Å². The molecule has 0 heterocycles. The smallest absolute Gasteiger partial charge is 0.0735 e. The highest BCUT2D eigenvalue weighted by molar-refractivity contribution is 5.02. The molecule has 1 fully saturated rings. The summed E-state index contributed by atoms with van der Waals surface area (Å²) >= 11 is 0. The van der Waals surface area contributed by atoms with E-state index in [1.165, 1.54) is 12.8 Å². The fourth-order valence-electron chi connectivity index (χ4n) is 3.81. The van der Waals surface area contributed by atoms with Gasteiger partial charge in [-0.05, 0) is 31.1 Å². The van der Waals surface area contributed by atoms with Gasteiger partial charge in [-0.15, -0.1) is 0 Å². The Hall–Kier alpha value is -0.0800. The van der Waals surface area contributed by atoms with Crippen LogP contribution in [0.15, 0.2) is 0 Å². The molecule has 1 aliphatic rings. The fourth-order valence-corrected chi connectivity index (χ4v) is 3.81.